The summed E-state index contributed by atoms with van der Waals surface area (Å²) in [5.74, 6) is -0.777. The summed E-state index contributed by atoms with van der Waals surface area (Å²) in [5.41, 5.74) is 1.01. The number of rotatable bonds is 10. The topological polar surface area (TPSA) is 81.7 Å². The van der Waals surface area contributed by atoms with Gasteiger partial charge in [0.2, 0.25) is 0 Å². The molecule has 0 spiro atoms. The van der Waals surface area contributed by atoms with E-state index in [0.29, 0.717) is 6.61 Å². The van der Waals surface area contributed by atoms with Gasteiger partial charge in [-0.15, -0.1) is 0 Å². The Balaban J connectivity index is 1.67. The molecule has 2 aliphatic heterocycles. The zero-order chi connectivity index (χ0) is 20.2. The molecular weight excluding hydrogens is 387 g/mol. The Morgan fingerprint density at radius 3 is 2.36 bits per heavy atom. The molecule has 4 atom stereocenters. The molecule has 0 bridgehead atoms. The van der Waals surface area contributed by atoms with E-state index in [4.69, 9.17) is 32.7 Å². The zero-order valence-corrected chi connectivity index (χ0v) is 17.6. The third-order valence-electron chi connectivity index (χ3n) is 4.28. The fraction of sp³-hybridized carbons (Fsp3) is 0.684. The van der Waals surface area contributed by atoms with Gasteiger partial charge < -0.3 is 32.7 Å². The maximum Gasteiger partial charge on any atom is 0.356 e. The summed E-state index contributed by atoms with van der Waals surface area (Å²) in [6, 6.07) is 9.77. The third kappa shape index (κ3) is 5.40. The fourth-order valence-corrected chi connectivity index (χ4v) is 4.53. The van der Waals surface area contributed by atoms with Crippen molar-refractivity contribution in [2.45, 2.75) is 64.9 Å². The molecule has 158 valence electrons. The summed E-state index contributed by atoms with van der Waals surface area (Å²) in [5, 5.41) is 0. The van der Waals surface area contributed by atoms with Crippen LogP contribution < -0.4 is 0 Å². The zero-order valence-electron chi connectivity index (χ0n) is 16.7. The molecular formula is C19H29O8P. The number of hydrogen-bond donors (Lipinski definition) is 0. The summed E-state index contributed by atoms with van der Waals surface area (Å²) in [6.45, 7) is 8.00. The van der Waals surface area contributed by atoms with Crippen LogP contribution >= 0.6 is 7.60 Å². The lowest BCUT2D eigenvalue weighted by Gasteiger charge is -2.27. The minimum absolute atomic E-state index is 0.243. The molecule has 1 aromatic rings. The van der Waals surface area contributed by atoms with E-state index >= 15 is 0 Å². The van der Waals surface area contributed by atoms with Gasteiger partial charge in [0.25, 0.3) is 0 Å². The van der Waals surface area contributed by atoms with Crippen molar-refractivity contribution >= 4 is 7.60 Å². The normalized spacial score (nSPS) is 29.1. The summed E-state index contributed by atoms with van der Waals surface area (Å²) in [4.78, 5) is 0. The second kappa shape index (κ2) is 9.32. The van der Waals surface area contributed by atoms with Gasteiger partial charge in [0.15, 0.2) is 24.7 Å². The van der Waals surface area contributed by atoms with Gasteiger partial charge in [0, 0.05) is 0 Å². The average Bonchev–Trinajstić information content (AvgIpc) is 3.11. The molecule has 9 heteroatoms. The van der Waals surface area contributed by atoms with Gasteiger partial charge in [0.1, 0.15) is 12.2 Å². The van der Waals surface area contributed by atoms with Crippen LogP contribution in [0.3, 0.4) is 0 Å². The Hall–Kier alpha value is -0.830. The second-order valence-corrected chi connectivity index (χ2v) is 8.97. The predicted octanol–water partition coefficient (Wildman–Crippen LogP) is 3.65. The smallest absolute Gasteiger partial charge is 0.356 e. The highest BCUT2D eigenvalue weighted by Gasteiger charge is 2.56. The molecule has 0 aliphatic carbocycles. The molecule has 1 unspecified atom stereocenters. The summed E-state index contributed by atoms with van der Waals surface area (Å²) in [7, 11) is -3.37. The van der Waals surface area contributed by atoms with Gasteiger partial charge in [0.05, 0.1) is 19.8 Å². The second-order valence-electron chi connectivity index (χ2n) is 6.98. The molecule has 0 saturated carbocycles. The first-order valence-corrected chi connectivity index (χ1v) is 11.2. The van der Waals surface area contributed by atoms with Crippen LogP contribution in [0, 0.1) is 0 Å². The summed E-state index contributed by atoms with van der Waals surface area (Å²) < 4.78 is 52.6. The minimum atomic E-state index is -3.37. The molecule has 0 aromatic heterocycles. The number of hydrogen-bond acceptors (Lipinski definition) is 8. The van der Waals surface area contributed by atoms with Crippen LogP contribution in [0.1, 0.15) is 33.3 Å². The van der Waals surface area contributed by atoms with Crippen molar-refractivity contribution in [3.8, 4) is 0 Å². The Labute approximate surface area is 165 Å². The highest BCUT2D eigenvalue weighted by molar-refractivity contribution is 7.53. The van der Waals surface area contributed by atoms with Crippen molar-refractivity contribution in [1.82, 2.24) is 0 Å². The maximum absolute atomic E-state index is 12.7. The number of benzene rings is 1. The van der Waals surface area contributed by atoms with E-state index in [2.05, 4.69) is 0 Å². The van der Waals surface area contributed by atoms with E-state index in [1.165, 1.54) is 0 Å². The summed E-state index contributed by atoms with van der Waals surface area (Å²) in [6.07, 6.45) is -2.69. The van der Waals surface area contributed by atoms with Gasteiger partial charge in [-0.25, -0.2) is 0 Å². The van der Waals surface area contributed by atoms with Crippen molar-refractivity contribution in [3.63, 3.8) is 0 Å². The molecule has 2 saturated heterocycles. The monoisotopic (exact) mass is 416 g/mol. The lowest BCUT2D eigenvalue weighted by molar-refractivity contribution is -0.263. The SMILES string of the molecule is CCOP(=O)(CO[C@H]1O[C@H]2OC(C)(C)OC2[C@H]1OCc1ccccc1)OCC. The molecule has 0 amide bonds. The van der Waals surface area contributed by atoms with Crippen LogP contribution in [0.4, 0.5) is 0 Å². The van der Waals surface area contributed by atoms with E-state index < -0.39 is 38.2 Å². The Bertz CT molecular complexity index is 657. The van der Waals surface area contributed by atoms with Gasteiger partial charge in [-0.3, -0.25) is 4.57 Å². The Kier molecular flexibility index (Phi) is 7.28. The quantitative estimate of drug-likeness (QED) is 0.535. The van der Waals surface area contributed by atoms with Crippen molar-refractivity contribution in [1.29, 1.82) is 0 Å². The minimum Gasteiger partial charge on any atom is -0.365 e. The molecule has 0 radical (unpaired) electrons. The first kappa shape index (κ1) is 21.9. The van der Waals surface area contributed by atoms with Crippen molar-refractivity contribution < 1.29 is 37.3 Å². The lowest BCUT2D eigenvalue weighted by atomic mass is 10.2. The largest absolute Gasteiger partial charge is 0.365 e. The van der Waals surface area contributed by atoms with Crippen LogP contribution in [-0.2, 0) is 43.9 Å². The molecule has 0 N–H and O–H groups in total. The van der Waals surface area contributed by atoms with Crippen molar-refractivity contribution in [2.24, 2.45) is 0 Å². The van der Waals surface area contributed by atoms with Crippen LogP contribution in [0.5, 0.6) is 0 Å². The molecule has 2 heterocycles. The third-order valence-corrected chi connectivity index (χ3v) is 6.05. The van der Waals surface area contributed by atoms with Gasteiger partial charge in [-0.2, -0.15) is 0 Å². The molecule has 2 aliphatic rings. The van der Waals surface area contributed by atoms with Gasteiger partial charge in [-0.1, -0.05) is 30.3 Å². The maximum atomic E-state index is 12.7. The van der Waals surface area contributed by atoms with Crippen molar-refractivity contribution in [3.05, 3.63) is 35.9 Å². The van der Waals surface area contributed by atoms with E-state index in [1.54, 1.807) is 13.8 Å². The predicted molar refractivity (Wildman–Crippen MR) is 101 cm³/mol. The van der Waals surface area contributed by atoms with Gasteiger partial charge in [-0.05, 0) is 33.3 Å². The molecule has 8 nitrogen and oxygen atoms in total. The number of fused-ring (bicyclic) bond motifs is 1. The van der Waals surface area contributed by atoms with Crippen LogP contribution in [0.15, 0.2) is 30.3 Å². The van der Waals surface area contributed by atoms with Crippen molar-refractivity contribution in [2.75, 3.05) is 19.6 Å². The van der Waals surface area contributed by atoms with E-state index in [-0.39, 0.29) is 19.6 Å². The fourth-order valence-electron chi connectivity index (χ4n) is 3.19. The molecule has 1 aromatic carbocycles. The van der Waals surface area contributed by atoms with Gasteiger partial charge >= 0.3 is 7.60 Å². The first-order valence-electron chi connectivity index (χ1n) is 9.52. The summed E-state index contributed by atoms with van der Waals surface area (Å²) >= 11 is 0. The highest BCUT2D eigenvalue weighted by atomic mass is 31.2. The average molecular weight is 416 g/mol. The van der Waals surface area contributed by atoms with Crippen LogP contribution in [-0.4, -0.2) is 50.1 Å². The Morgan fingerprint density at radius 2 is 1.71 bits per heavy atom. The number of ether oxygens (including phenoxy) is 5. The van der Waals surface area contributed by atoms with E-state index in [9.17, 15) is 4.57 Å². The Morgan fingerprint density at radius 1 is 1.04 bits per heavy atom. The van der Waals surface area contributed by atoms with Crippen LogP contribution in [0.2, 0.25) is 0 Å². The van der Waals surface area contributed by atoms with E-state index in [0.717, 1.165) is 5.56 Å². The van der Waals surface area contributed by atoms with E-state index in [1.807, 2.05) is 44.2 Å². The van der Waals surface area contributed by atoms with Crippen LogP contribution in [0.25, 0.3) is 0 Å². The first-order chi connectivity index (χ1) is 13.4. The molecule has 2 fully saturated rings. The highest BCUT2D eigenvalue weighted by Crippen LogP contribution is 2.49. The lowest BCUT2D eigenvalue weighted by Crippen LogP contribution is -2.38. The standard InChI is InChI=1S/C19H29O8P/c1-5-23-28(20,24-6-2)13-22-17-15(21-12-14-10-8-7-9-11-14)16-18(25-17)27-19(3,4)26-16/h7-11,15-18H,5-6,12-13H2,1-4H3/t15-,16?,17+,18+/m1/s1. The molecule has 28 heavy (non-hydrogen) atoms. The molecule has 3 rings (SSSR count).